The summed E-state index contributed by atoms with van der Waals surface area (Å²) < 4.78 is 2.11. The number of para-hydroxylation sites is 3. The summed E-state index contributed by atoms with van der Waals surface area (Å²) >= 11 is 0. The minimum absolute atomic E-state index is 0.203. The van der Waals surface area contributed by atoms with E-state index in [-0.39, 0.29) is 5.75 Å². The Balaban J connectivity index is 1.60. The van der Waals surface area contributed by atoms with E-state index < -0.39 is 0 Å². The molecule has 4 aromatic carbocycles. The fourth-order valence-electron chi connectivity index (χ4n) is 4.55. The quantitative estimate of drug-likeness (QED) is 0.302. The Labute approximate surface area is 203 Å². The maximum atomic E-state index is 10.7. The van der Waals surface area contributed by atoms with Crippen molar-refractivity contribution in [3.8, 4) is 45.2 Å². The van der Waals surface area contributed by atoms with Crippen LogP contribution in [0.25, 0.3) is 50.5 Å². The summed E-state index contributed by atoms with van der Waals surface area (Å²) in [5.41, 5.74) is 8.82. The number of aromatic nitrogens is 3. The van der Waals surface area contributed by atoms with Gasteiger partial charge in [0.1, 0.15) is 11.6 Å². The first-order valence-corrected chi connectivity index (χ1v) is 11.6. The van der Waals surface area contributed by atoms with E-state index in [4.69, 9.17) is 4.98 Å². The average molecular weight is 454 g/mol. The molecule has 1 N–H and O–H groups in total. The van der Waals surface area contributed by atoms with Crippen molar-refractivity contribution in [1.29, 1.82) is 0 Å². The third kappa shape index (κ3) is 3.75. The van der Waals surface area contributed by atoms with Gasteiger partial charge in [-0.25, -0.2) is 4.98 Å². The normalized spacial score (nSPS) is 11.1. The Morgan fingerprint density at radius 1 is 0.686 bits per heavy atom. The van der Waals surface area contributed by atoms with Gasteiger partial charge in [0.25, 0.3) is 0 Å². The number of aryl methyl sites for hydroxylation is 1. The van der Waals surface area contributed by atoms with Crippen LogP contribution < -0.4 is 0 Å². The van der Waals surface area contributed by atoms with Crippen molar-refractivity contribution in [3.63, 3.8) is 0 Å². The minimum Gasteiger partial charge on any atom is -0.507 e. The van der Waals surface area contributed by atoms with E-state index in [2.05, 4.69) is 77.1 Å². The highest BCUT2D eigenvalue weighted by Crippen LogP contribution is 2.37. The molecule has 2 aromatic heterocycles. The van der Waals surface area contributed by atoms with Crippen LogP contribution in [0.2, 0.25) is 0 Å². The Bertz CT molecular complexity index is 1670. The monoisotopic (exact) mass is 453 g/mol. The molecule has 0 amide bonds. The first-order valence-electron chi connectivity index (χ1n) is 11.6. The molecular formula is C31H23N3O. The molecule has 0 saturated heterocycles. The highest BCUT2D eigenvalue weighted by atomic mass is 16.3. The van der Waals surface area contributed by atoms with Crippen LogP contribution in [0.15, 0.2) is 115 Å². The van der Waals surface area contributed by atoms with Gasteiger partial charge in [-0.2, -0.15) is 0 Å². The number of phenolic OH excluding ortho intramolecular Hbond substituents is 1. The van der Waals surface area contributed by atoms with Gasteiger partial charge in [0.2, 0.25) is 0 Å². The lowest BCUT2D eigenvalue weighted by Crippen LogP contribution is -1.97. The molecule has 4 heteroatoms. The van der Waals surface area contributed by atoms with Gasteiger partial charge in [0.05, 0.1) is 22.3 Å². The van der Waals surface area contributed by atoms with Crippen LogP contribution in [0.4, 0.5) is 0 Å². The van der Waals surface area contributed by atoms with Gasteiger partial charge in [0, 0.05) is 23.0 Å². The Hall–Kier alpha value is -4.70. The molecule has 0 bridgehead atoms. The summed E-state index contributed by atoms with van der Waals surface area (Å²) in [6, 6.07) is 36.2. The van der Waals surface area contributed by atoms with Crippen LogP contribution >= 0.6 is 0 Å². The van der Waals surface area contributed by atoms with Crippen molar-refractivity contribution in [2.24, 2.45) is 0 Å². The van der Waals surface area contributed by atoms with Crippen LogP contribution in [0.5, 0.6) is 5.75 Å². The molecule has 35 heavy (non-hydrogen) atoms. The Morgan fingerprint density at radius 3 is 2.26 bits per heavy atom. The molecule has 0 unspecified atom stereocenters. The van der Waals surface area contributed by atoms with Crippen LogP contribution in [-0.2, 0) is 0 Å². The molecule has 0 saturated carbocycles. The van der Waals surface area contributed by atoms with E-state index in [0.29, 0.717) is 11.4 Å². The van der Waals surface area contributed by atoms with Crippen molar-refractivity contribution in [2.45, 2.75) is 6.92 Å². The van der Waals surface area contributed by atoms with E-state index in [1.54, 1.807) is 6.07 Å². The molecule has 4 nitrogen and oxygen atoms in total. The summed E-state index contributed by atoms with van der Waals surface area (Å²) in [6.45, 7) is 2.08. The molecule has 0 fully saturated rings. The van der Waals surface area contributed by atoms with E-state index in [1.807, 2.05) is 48.7 Å². The van der Waals surface area contributed by atoms with Gasteiger partial charge in [-0.05, 0) is 66.6 Å². The number of pyridine rings is 1. The van der Waals surface area contributed by atoms with Gasteiger partial charge in [-0.1, -0.05) is 60.7 Å². The van der Waals surface area contributed by atoms with E-state index in [9.17, 15) is 5.11 Å². The molecule has 0 aliphatic carbocycles. The number of benzene rings is 4. The number of aromatic hydroxyl groups is 1. The number of imidazole rings is 1. The van der Waals surface area contributed by atoms with Crippen molar-refractivity contribution in [1.82, 2.24) is 14.5 Å². The van der Waals surface area contributed by atoms with Crippen LogP contribution in [0, 0.1) is 6.92 Å². The van der Waals surface area contributed by atoms with Crippen molar-refractivity contribution in [2.75, 3.05) is 0 Å². The van der Waals surface area contributed by atoms with E-state index in [1.165, 1.54) is 5.56 Å². The van der Waals surface area contributed by atoms with Gasteiger partial charge in [-0.3, -0.25) is 9.55 Å². The molecule has 0 radical (unpaired) electrons. The van der Waals surface area contributed by atoms with Crippen LogP contribution in [0.1, 0.15) is 5.56 Å². The summed E-state index contributed by atoms with van der Waals surface area (Å²) in [4.78, 5) is 9.67. The van der Waals surface area contributed by atoms with Crippen LogP contribution in [0.3, 0.4) is 0 Å². The second-order valence-corrected chi connectivity index (χ2v) is 8.60. The summed E-state index contributed by atoms with van der Waals surface area (Å²) in [5.74, 6) is 0.905. The molecule has 0 atom stereocenters. The smallest absolute Gasteiger partial charge is 0.149 e. The van der Waals surface area contributed by atoms with Crippen molar-refractivity contribution in [3.05, 3.63) is 121 Å². The maximum Gasteiger partial charge on any atom is 0.149 e. The SMILES string of the molecule is Cc1ccnc(-c2cccc(-c3cccc4c3nc(-c3ccccc3O)n4-c3ccccc3)c2)c1. The topological polar surface area (TPSA) is 50.9 Å². The molecule has 0 spiro atoms. The van der Waals surface area contributed by atoms with Crippen molar-refractivity contribution < 1.29 is 5.11 Å². The second kappa shape index (κ2) is 8.58. The lowest BCUT2D eigenvalue weighted by Gasteiger charge is -2.11. The van der Waals surface area contributed by atoms with Gasteiger partial charge in [0.15, 0.2) is 0 Å². The number of phenols is 1. The third-order valence-corrected chi connectivity index (χ3v) is 6.23. The predicted molar refractivity (Wildman–Crippen MR) is 142 cm³/mol. The zero-order chi connectivity index (χ0) is 23.8. The highest BCUT2D eigenvalue weighted by Gasteiger charge is 2.19. The fourth-order valence-corrected chi connectivity index (χ4v) is 4.55. The number of hydrogen-bond acceptors (Lipinski definition) is 3. The number of nitrogens with zero attached hydrogens (tertiary/aromatic N) is 3. The number of hydrogen-bond donors (Lipinski definition) is 1. The molecule has 0 aliphatic rings. The Morgan fingerprint density at radius 2 is 1.43 bits per heavy atom. The Kier molecular flexibility index (Phi) is 5.12. The molecule has 6 aromatic rings. The lowest BCUT2D eigenvalue weighted by molar-refractivity contribution is 0.477. The fraction of sp³-hybridized carbons (Fsp3) is 0.0323. The van der Waals surface area contributed by atoms with Crippen molar-refractivity contribution >= 4 is 11.0 Å². The van der Waals surface area contributed by atoms with Crippen LogP contribution in [-0.4, -0.2) is 19.6 Å². The molecule has 2 heterocycles. The van der Waals surface area contributed by atoms with Gasteiger partial charge in [-0.15, -0.1) is 0 Å². The first-order chi connectivity index (χ1) is 17.2. The number of rotatable bonds is 4. The molecule has 168 valence electrons. The van der Waals surface area contributed by atoms with E-state index in [0.717, 1.165) is 39.1 Å². The average Bonchev–Trinajstić information content (AvgIpc) is 3.29. The summed E-state index contributed by atoms with van der Waals surface area (Å²) in [5, 5.41) is 10.7. The first kappa shape index (κ1) is 20.9. The highest BCUT2D eigenvalue weighted by molar-refractivity contribution is 5.96. The summed E-state index contributed by atoms with van der Waals surface area (Å²) in [6.07, 6.45) is 1.85. The predicted octanol–water partition coefficient (Wildman–Crippen LogP) is 7.44. The second-order valence-electron chi connectivity index (χ2n) is 8.60. The third-order valence-electron chi connectivity index (χ3n) is 6.23. The minimum atomic E-state index is 0.203. The molecular weight excluding hydrogens is 430 g/mol. The largest absolute Gasteiger partial charge is 0.507 e. The lowest BCUT2D eigenvalue weighted by atomic mass is 10.00. The zero-order valence-corrected chi connectivity index (χ0v) is 19.3. The standard InChI is InChI=1S/C31H23N3O/c1-21-17-18-32-27(19-21)23-10-7-9-22(20-23)25-14-8-15-28-30(25)33-31(26-13-5-6-16-29(26)35)34(28)24-11-3-2-4-12-24/h2-20,35H,1H3. The number of fused-ring (bicyclic) bond motifs is 1. The van der Waals surface area contributed by atoms with E-state index >= 15 is 0 Å². The van der Waals surface area contributed by atoms with Gasteiger partial charge < -0.3 is 5.11 Å². The molecule has 6 rings (SSSR count). The van der Waals surface area contributed by atoms with Gasteiger partial charge >= 0.3 is 0 Å². The maximum absolute atomic E-state index is 10.7. The molecule has 0 aliphatic heterocycles. The zero-order valence-electron chi connectivity index (χ0n) is 19.3. The summed E-state index contributed by atoms with van der Waals surface area (Å²) in [7, 11) is 0.